The standard InChI is InChI=1S/C18H13ClO/c1-12-6-11-17(16-5-3-2-4-15(12)16)18(20)13-7-9-14(19)10-8-13/h2-11H,1H3. The Morgan fingerprint density at radius 1 is 0.850 bits per heavy atom. The van der Waals surface area contributed by atoms with Crippen molar-refractivity contribution < 1.29 is 4.79 Å². The second kappa shape index (κ2) is 5.10. The second-order valence-electron chi connectivity index (χ2n) is 4.81. The Balaban J connectivity index is 2.17. The second-order valence-corrected chi connectivity index (χ2v) is 5.25. The van der Waals surface area contributed by atoms with Crippen molar-refractivity contribution in [3.8, 4) is 0 Å². The van der Waals surface area contributed by atoms with Crippen LogP contribution in [0.5, 0.6) is 0 Å². The summed E-state index contributed by atoms with van der Waals surface area (Å²) in [5, 5.41) is 2.75. The molecule has 0 heterocycles. The zero-order chi connectivity index (χ0) is 14.1. The molecule has 3 rings (SSSR count). The highest BCUT2D eigenvalue weighted by molar-refractivity contribution is 6.30. The molecule has 2 heteroatoms. The molecular formula is C18H13ClO. The van der Waals surface area contributed by atoms with Gasteiger partial charge in [-0.05, 0) is 47.5 Å². The SMILES string of the molecule is Cc1ccc(C(=O)c2ccc(Cl)cc2)c2ccccc12. The fourth-order valence-corrected chi connectivity index (χ4v) is 2.53. The number of carbonyl (C=O) groups is 1. The molecule has 0 aromatic heterocycles. The lowest BCUT2D eigenvalue weighted by Gasteiger charge is -2.08. The minimum atomic E-state index is 0.0258. The monoisotopic (exact) mass is 280 g/mol. The van der Waals surface area contributed by atoms with E-state index in [1.807, 2.05) is 36.4 Å². The molecule has 0 aliphatic rings. The number of hydrogen-bond donors (Lipinski definition) is 0. The first kappa shape index (κ1) is 12.9. The van der Waals surface area contributed by atoms with Crippen LogP contribution in [0.4, 0.5) is 0 Å². The number of rotatable bonds is 2. The predicted molar refractivity (Wildman–Crippen MR) is 83.6 cm³/mol. The van der Waals surface area contributed by atoms with E-state index < -0.39 is 0 Å². The number of carbonyl (C=O) groups excluding carboxylic acids is 1. The van der Waals surface area contributed by atoms with Crippen LogP contribution in [0.3, 0.4) is 0 Å². The summed E-state index contributed by atoms with van der Waals surface area (Å²) in [5.41, 5.74) is 2.56. The zero-order valence-corrected chi connectivity index (χ0v) is 11.8. The van der Waals surface area contributed by atoms with E-state index in [1.165, 1.54) is 5.56 Å². The van der Waals surface area contributed by atoms with E-state index in [1.54, 1.807) is 24.3 Å². The van der Waals surface area contributed by atoms with Gasteiger partial charge in [0, 0.05) is 16.1 Å². The molecule has 1 nitrogen and oxygen atoms in total. The summed E-state index contributed by atoms with van der Waals surface area (Å²) in [6, 6.07) is 18.9. The maximum absolute atomic E-state index is 12.6. The number of halogens is 1. The molecule has 0 aliphatic heterocycles. The lowest BCUT2D eigenvalue weighted by molar-refractivity contribution is 0.104. The van der Waals surface area contributed by atoms with Crippen LogP contribution in [-0.4, -0.2) is 5.78 Å². The number of aryl methyl sites for hydroxylation is 1. The zero-order valence-electron chi connectivity index (χ0n) is 11.1. The van der Waals surface area contributed by atoms with E-state index in [9.17, 15) is 4.79 Å². The van der Waals surface area contributed by atoms with Gasteiger partial charge in [-0.25, -0.2) is 0 Å². The highest BCUT2D eigenvalue weighted by Gasteiger charge is 2.13. The molecule has 98 valence electrons. The largest absolute Gasteiger partial charge is 0.289 e. The molecule has 20 heavy (non-hydrogen) atoms. The van der Waals surface area contributed by atoms with Crippen LogP contribution in [-0.2, 0) is 0 Å². The number of hydrogen-bond acceptors (Lipinski definition) is 1. The van der Waals surface area contributed by atoms with Crippen LogP contribution < -0.4 is 0 Å². The summed E-state index contributed by atoms with van der Waals surface area (Å²) in [6.45, 7) is 2.05. The van der Waals surface area contributed by atoms with Crippen LogP contribution in [0, 0.1) is 6.92 Å². The van der Waals surface area contributed by atoms with Crippen LogP contribution in [0.1, 0.15) is 21.5 Å². The van der Waals surface area contributed by atoms with Gasteiger partial charge in [-0.3, -0.25) is 4.79 Å². The van der Waals surface area contributed by atoms with Gasteiger partial charge in [0.15, 0.2) is 5.78 Å². The maximum atomic E-state index is 12.6. The fourth-order valence-electron chi connectivity index (χ4n) is 2.40. The molecule has 0 N–H and O–H groups in total. The summed E-state index contributed by atoms with van der Waals surface area (Å²) in [7, 11) is 0. The third-order valence-electron chi connectivity index (χ3n) is 3.49. The summed E-state index contributed by atoms with van der Waals surface area (Å²) < 4.78 is 0. The summed E-state index contributed by atoms with van der Waals surface area (Å²) in [5.74, 6) is 0.0258. The molecule has 3 aromatic rings. The first-order chi connectivity index (χ1) is 9.66. The smallest absolute Gasteiger partial charge is 0.193 e. The van der Waals surface area contributed by atoms with Crippen molar-refractivity contribution in [3.63, 3.8) is 0 Å². The van der Waals surface area contributed by atoms with E-state index in [-0.39, 0.29) is 5.78 Å². The topological polar surface area (TPSA) is 17.1 Å². The Morgan fingerprint density at radius 3 is 2.20 bits per heavy atom. The van der Waals surface area contributed by atoms with Crippen molar-refractivity contribution in [2.75, 3.05) is 0 Å². The van der Waals surface area contributed by atoms with Gasteiger partial charge >= 0.3 is 0 Å². The van der Waals surface area contributed by atoms with Crippen molar-refractivity contribution in [2.24, 2.45) is 0 Å². The van der Waals surface area contributed by atoms with Gasteiger partial charge in [0.05, 0.1) is 0 Å². The summed E-state index contributed by atoms with van der Waals surface area (Å²) >= 11 is 5.87. The first-order valence-corrected chi connectivity index (χ1v) is 6.83. The number of ketones is 1. The molecule has 3 aromatic carbocycles. The number of fused-ring (bicyclic) bond motifs is 1. The van der Waals surface area contributed by atoms with Gasteiger partial charge in [-0.1, -0.05) is 48.0 Å². The highest BCUT2D eigenvalue weighted by Crippen LogP contribution is 2.24. The molecule has 0 saturated carbocycles. The van der Waals surface area contributed by atoms with Gasteiger partial charge in [0.25, 0.3) is 0 Å². The Bertz CT molecular complexity index is 788. The van der Waals surface area contributed by atoms with E-state index >= 15 is 0 Å². The van der Waals surface area contributed by atoms with Crippen molar-refractivity contribution >= 4 is 28.2 Å². The van der Waals surface area contributed by atoms with E-state index in [0.29, 0.717) is 10.6 Å². The van der Waals surface area contributed by atoms with Gasteiger partial charge in [-0.15, -0.1) is 0 Å². The number of benzene rings is 3. The van der Waals surface area contributed by atoms with Gasteiger partial charge in [0.1, 0.15) is 0 Å². The molecule has 0 spiro atoms. The molecule has 0 aliphatic carbocycles. The molecule has 0 amide bonds. The maximum Gasteiger partial charge on any atom is 0.193 e. The molecule has 0 unspecified atom stereocenters. The van der Waals surface area contributed by atoms with Crippen LogP contribution in [0.15, 0.2) is 60.7 Å². The minimum Gasteiger partial charge on any atom is -0.289 e. The third-order valence-corrected chi connectivity index (χ3v) is 3.75. The lowest BCUT2D eigenvalue weighted by Crippen LogP contribution is -2.02. The van der Waals surface area contributed by atoms with Gasteiger partial charge in [-0.2, -0.15) is 0 Å². The quantitative estimate of drug-likeness (QED) is 0.602. The normalized spacial score (nSPS) is 10.7. The Hall–Kier alpha value is -2.12. The van der Waals surface area contributed by atoms with Crippen molar-refractivity contribution in [2.45, 2.75) is 6.92 Å². The fraction of sp³-hybridized carbons (Fsp3) is 0.0556. The molecular weight excluding hydrogens is 268 g/mol. The Morgan fingerprint density at radius 2 is 1.50 bits per heavy atom. The average molecular weight is 281 g/mol. The summed E-state index contributed by atoms with van der Waals surface area (Å²) in [4.78, 5) is 12.6. The average Bonchev–Trinajstić information content (AvgIpc) is 2.48. The van der Waals surface area contributed by atoms with E-state index in [0.717, 1.165) is 16.3 Å². The van der Waals surface area contributed by atoms with E-state index in [2.05, 4.69) is 6.92 Å². The molecule has 0 fully saturated rings. The van der Waals surface area contributed by atoms with Crippen molar-refractivity contribution in [1.29, 1.82) is 0 Å². The predicted octanol–water partition coefficient (Wildman–Crippen LogP) is 5.03. The molecule has 0 atom stereocenters. The molecule has 0 bridgehead atoms. The van der Waals surface area contributed by atoms with Gasteiger partial charge in [0.2, 0.25) is 0 Å². The van der Waals surface area contributed by atoms with Crippen LogP contribution in [0.25, 0.3) is 10.8 Å². The lowest BCUT2D eigenvalue weighted by atomic mass is 9.95. The third kappa shape index (κ3) is 2.21. The summed E-state index contributed by atoms with van der Waals surface area (Å²) in [6.07, 6.45) is 0. The highest BCUT2D eigenvalue weighted by atomic mass is 35.5. The van der Waals surface area contributed by atoms with Crippen molar-refractivity contribution in [1.82, 2.24) is 0 Å². The van der Waals surface area contributed by atoms with Crippen LogP contribution >= 0.6 is 11.6 Å². The Kier molecular flexibility index (Phi) is 3.29. The Labute approximate surface area is 122 Å². The molecule has 0 saturated heterocycles. The van der Waals surface area contributed by atoms with Gasteiger partial charge < -0.3 is 0 Å². The first-order valence-electron chi connectivity index (χ1n) is 6.45. The minimum absolute atomic E-state index is 0.0258. The van der Waals surface area contributed by atoms with Crippen LogP contribution in [0.2, 0.25) is 5.02 Å². The molecule has 0 radical (unpaired) electrons. The van der Waals surface area contributed by atoms with E-state index in [4.69, 9.17) is 11.6 Å². The van der Waals surface area contributed by atoms with Crippen molar-refractivity contribution in [3.05, 3.63) is 82.4 Å².